The van der Waals surface area contributed by atoms with E-state index in [1.54, 1.807) is 0 Å². The fourth-order valence-electron chi connectivity index (χ4n) is 5.30. The predicted molar refractivity (Wildman–Crippen MR) is 155 cm³/mol. The number of hydrogen-bond donors (Lipinski definition) is 4. The van der Waals surface area contributed by atoms with E-state index in [4.69, 9.17) is 9.47 Å². The molecular weight excluding hydrogens is 520 g/mol. The summed E-state index contributed by atoms with van der Waals surface area (Å²) in [5.41, 5.74) is 3.87. The number of benzene rings is 2. The highest BCUT2D eigenvalue weighted by molar-refractivity contribution is 5.44. The molecule has 0 spiro atoms. The first-order valence-corrected chi connectivity index (χ1v) is 14.3. The van der Waals surface area contributed by atoms with E-state index in [2.05, 4.69) is 56.3 Å². The van der Waals surface area contributed by atoms with Gasteiger partial charge in [-0.05, 0) is 54.7 Å². The molecule has 9 heteroatoms. The van der Waals surface area contributed by atoms with Crippen LogP contribution in [0.25, 0.3) is 0 Å². The molecule has 3 heterocycles. The van der Waals surface area contributed by atoms with E-state index in [0.29, 0.717) is 31.9 Å². The Kier molecular flexibility index (Phi) is 10.2. The maximum Gasteiger partial charge on any atom is 0.293 e. The maximum atomic E-state index is 12.1. The molecule has 2 aliphatic rings. The number of aromatic amines is 1. The van der Waals surface area contributed by atoms with Gasteiger partial charge in [0.15, 0.2) is 0 Å². The van der Waals surface area contributed by atoms with Crippen LogP contribution in [0.3, 0.4) is 0 Å². The Labute approximate surface area is 240 Å². The summed E-state index contributed by atoms with van der Waals surface area (Å²) in [6.45, 7) is 6.08. The van der Waals surface area contributed by atoms with Gasteiger partial charge in [-0.3, -0.25) is 15.0 Å². The zero-order valence-electron chi connectivity index (χ0n) is 23.2. The number of H-pyrrole nitrogens is 1. The monoisotopic (exact) mass is 558 g/mol. The second-order valence-electron chi connectivity index (χ2n) is 10.7. The number of nitrogens with zero attached hydrogens (tertiary/aromatic N) is 2. The number of nitrogens with one attached hydrogen (secondary N) is 2. The highest BCUT2D eigenvalue weighted by atomic mass is 16.5. The molecule has 0 amide bonds. The molecule has 2 aliphatic heterocycles. The van der Waals surface area contributed by atoms with Gasteiger partial charge in [-0.25, -0.2) is 4.98 Å². The molecule has 41 heavy (non-hydrogen) atoms. The van der Waals surface area contributed by atoms with E-state index < -0.39 is 17.5 Å². The highest BCUT2D eigenvalue weighted by Gasteiger charge is 2.25. The summed E-state index contributed by atoms with van der Waals surface area (Å²) in [6, 6.07) is 16.3. The molecule has 2 fully saturated rings. The van der Waals surface area contributed by atoms with Crippen LogP contribution in [0.15, 0.2) is 59.7 Å². The number of ether oxygens (including phenoxy) is 2. The normalized spacial score (nSPS) is 17.9. The number of aromatic nitrogens is 2. The predicted octanol–water partition coefficient (Wildman–Crippen LogP) is 2.37. The summed E-state index contributed by atoms with van der Waals surface area (Å²) < 4.78 is 10.8. The lowest BCUT2D eigenvalue weighted by molar-refractivity contribution is -0.00647. The third-order valence-electron chi connectivity index (χ3n) is 7.78. The highest BCUT2D eigenvalue weighted by Crippen LogP contribution is 2.25. The van der Waals surface area contributed by atoms with Crippen molar-refractivity contribution in [3.05, 3.63) is 93.2 Å². The number of morpholine rings is 1. The van der Waals surface area contributed by atoms with E-state index in [1.165, 1.54) is 11.9 Å². The van der Waals surface area contributed by atoms with Crippen molar-refractivity contribution >= 4 is 0 Å². The second kappa shape index (κ2) is 14.4. The number of aliphatic hydroxyl groups excluding tert-OH is 1. The molecule has 0 aliphatic carbocycles. The molecule has 1 aromatic heterocycles. The molecule has 2 atom stereocenters. The maximum absolute atomic E-state index is 12.1. The molecule has 0 bridgehead atoms. The summed E-state index contributed by atoms with van der Waals surface area (Å²) in [5, 5.41) is 24.3. The smallest absolute Gasteiger partial charge is 0.293 e. The summed E-state index contributed by atoms with van der Waals surface area (Å²) >= 11 is 0. The zero-order valence-corrected chi connectivity index (χ0v) is 23.2. The van der Waals surface area contributed by atoms with Crippen LogP contribution in [0.5, 0.6) is 5.75 Å². The van der Waals surface area contributed by atoms with Crippen LogP contribution < -0.4 is 10.9 Å². The van der Waals surface area contributed by atoms with Crippen LogP contribution in [0.4, 0.5) is 0 Å². The fourth-order valence-corrected chi connectivity index (χ4v) is 5.30. The van der Waals surface area contributed by atoms with E-state index in [-0.39, 0.29) is 11.8 Å². The molecule has 2 saturated heterocycles. The van der Waals surface area contributed by atoms with Crippen molar-refractivity contribution in [3.8, 4) is 17.6 Å². The zero-order chi connectivity index (χ0) is 28.4. The summed E-state index contributed by atoms with van der Waals surface area (Å²) in [6.07, 6.45) is 2.70. The van der Waals surface area contributed by atoms with Crippen molar-refractivity contribution < 1.29 is 19.7 Å². The Balaban J connectivity index is 1.22. The van der Waals surface area contributed by atoms with Crippen molar-refractivity contribution in [1.82, 2.24) is 20.2 Å². The van der Waals surface area contributed by atoms with Gasteiger partial charge in [-0.15, -0.1) is 0 Å². The third-order valence-corrected chi connectivity index (χ3v) is 7.78. The van der Waals surface area contributed by atoms with Crippen molar-refractivity contribution in [3.63, 3.8) is 0 Å². The lowest BCUT2D eigenvalue weighted by Gasteiger charge is -2.28. The number of aromatic hydroxyl groups is 1. The van der Waals surface area contributed by atoms with Gasteiger partial charge in [0.1, 0.15) is 6.23 Å². The average molecular weight is 559 g/mol. The van der Waals surface area contributed by atoms with Gasteiger partial charge in [0, 0.05) is 62.4 Å². The van der Waals surface area contributed by atoms with E-state index in [1.807, 2.05) is 24.3 Å². The largest absolute Gasteiger partial charge is 0.502 e. The first kappa shape index (κ1) is 29.0. The Morgan fingerprint density at radius 1 is 0.951 bits per heavy atom. The Morgan fingerprint density at radius 2 is 1.56 bits per heavy atom. The minimum Gasteiger partial charge on any atom is -0.502 e. The van der Waals surface area contributed by atoms with Gasteiger partial charge in [0.25, 0.3) is 5.56 Å². The van der Waals surface area contributed by atoms with Gasteiger partial charge in [-0.1, -0.05) is 36.1 Å². The first-order chi connectivity index (χ1) is 20.0. The standard InChI is InChI=1S/C32H38N4O5/c37-30-29(34-22-35-32(30)39)28(20-33-31(38)27-11-15-40-16-12-27)19-25-7-3-23(4-8-25)1-2-24-5-9-26(10-6-24)21-36-13-17-41-18-14-36/h3-10,22,27-28,31,33,37-38H,11-21H2,(H,34,35,39). The van der Waals surface area contributed by atoms with Gasteiger partial charge in [0.05, 0.1) is 25.2 Å². The molecule has 216 valence electrons. The van der Waals surface area contributed by atoms with Gasteiger partial charge < -0.3 is 24.7 Å². The minimum absolute atomic E-state index is 0.101. The van der Waals surface area contributed by atoms with Crippen molar-refractivity contribution in [2.45, 2.75) is 38.0 Å². The fraction of sp³-hybridized carbons (Fsp3) is 0.438. The molecule has 2 unspecified atom stereocenters. The summed E-state index contributed by atoms with van der Waals surface area (Å²) in [5.74, 6) is 5.87. The molecule has 0 saturated carbocycles. The SMILES string of the molecule is O=c1[nH]cnc(C(CNC(O)C2CCOCC2)Cc2ccc(C#Cc3ccc(CN4CCOCC4)cc3)cc2)c1O. The number of aliphatic hydroxyl groups is 1. The van der Waals surface area contributed by atoms with E-state index >= 15 is 0 Å². The minimum atomic E-state index is -0.698. The summed E-state index contributed by atoms with van der Waals surface area (Å²) in [7, 11) is 0. The van der Waals surface area contributed by atoms with E-state index in [0.717, 1.165) is 62.4 Å². The first-order valence-electron chi connectivity index (χ1n) is 14.3. The van der Waals surface area contributed by atoms with Crippen LogP contribution in [0, 0.1) is 17.8 Å². The Bertz CT molecular complexity index is 1370. The van der Waals surface area contributed by atoms with Crippen LogP contribution in [0.2, 0.25) is 0 Å². The molecule has 3 aromatic rings. The molecular formula is C32H38N4O5. The van der Waals surface area contributed by atoms with Crippen LogP contribution in [-0.2, 0) is 22.4 Å². The topological polar surface area (TPSA) is 120 Å². The van der Waals surface area contributed by atoms with Gasteiger partial charge in [-0.2, -0.15) is 0 Å². The molecule has 4 N–H and O–H groups in total. The molecule has 5 rings (SSSR count). The summed E-state index contributed by atoms with van der Waals surface area (Å²) in [4.78, 5) is 21.1. The number of hydrogen-bond acceptors (Lipinski definition) is 8. The van der Waals surface area contributed by atoms with Crippen LogP contribution >= 0.6 is 0 Å². The number of rotatable bonds is 9. The van der Waals surface area contributed by atoms with Crippen LogP contribution in [0.1, 0.15) is 46.7 Å². The third kappa shape index (κ3) is 8.26. The van der Waals surface area contributed by atoms with E-state index in [9.17, 15) is 15.0 Å². The molecule has 2 aromatic carbocycles. The second-order valence-corrected chi connectivity index (χ2v) is 10.7. The van der Waals surface area contributed by atoms with Crippen molar-refractivity contribution in [2.24, 2.45) is 5.92 Å². The quantitative estimate of drug-likeness (QED) is 0.234. The molecule has 0 radical (unpaired) electrons. The average Bonchev–Trinajstić information content (AvgIpc) is 3.02. The van der Waals surface area contributed by atoms with Crippen molar-refractivity contribution in [2.75, 3.05) is 46.1 Å². The Morgan fingerprint density at radius 3 is 2.22 bits per heavy atom. The molecule has 9 nitrogen and oxygen atoms in total. The van der Waals surface area contributed by atoms with Gasteiger partial charge >= 0.3 is 0 Å². The van der Waals surface area contributed by atoms with Gasteiger partial charge in [0.2, 0.25) is 5.75 Å². The van der Waals surface area contributed by atoms with Crippen molar-refractivity contribution in [1.29, 1.82) is 0 Å². The van der Waals surface area contributed by atoms with Crippen LogP contribution in [-0.4, -0.2) is 77.4 Å². The lowest BCUT2D eigenvalue weighted by Crippen LogP contribution is -2.41. The lowest BCUT2D eigenvalue weighted by atomic mass is 9.93. The Hall–Kier alpha value is -3.52.